The molecule has 3 heterocycles. The number of hydrogen-bond donors (Lipinski definition) is 1. The van der Waals surface area contributed by atoms with Crippen LogP contribution < -0.4 is 10.2 Å². The van der Waals surface area contributed by atoms with E-state index in [1.807, 2.05) is 27.7 Å². The van der Waals surface area contributed by atoms with E-state index in [-0.39, 0.29) is 18.2 Å². The lowest BCUT2D eigenvalue weighted by Gasteiger charge is -2.29. The van der Waals surface area contributed by atoms with E-state index >= 15 is 0 Å². The van der Waals surface area contributed by atoms with Gasteiger partial charge in [-0.25, -0.2) is 4.58 Å². The van der Waals surface area contributed by atoms with Crippen molar-refractivity contribution in [2.24, 2.45) is 0 Å². The number of carbonyl (C=O) groups excluding carboxylic acids is 3. The van der Waals surface area contributed by atoms with Gasteiger partial charge in [-0.1, -0.05) is 34.3 Å². The fourth-order valence-electron chi connectivity index (χ4n) is 3.05. The minimum absolute atomic E-state index is 0.215. The van der Waals surface area contributed by atoms with Gasteiger partial charge in [-0.2, -0.15) is 0 Å². The number of nitrogens with one attached hydrogen (secondary N) is 1. The van der Waals surface area contributed by atoms with E-state index in [0.717, 1.165) is 0 Å². The van der Waals surface area contributed by atoms with Crippen molar-refractivity contribution in [2.75, 3.05) is 19.0 Å². The Morgan fingerprint density at radius 2 is 1.85 bits per heavy atom. The fraction of sp³-hybridized carbons (Fsp3) is 0.450. The molecule has 1 fully saturated rings. The highest BCUT2D eigenvalue weighted by Gasteiger charge is 2.47. The van der Waals surface area contributed by atoms with Crippen molar-refractivity contribution in [3.63, 3.8) is 0 Å². The molecule has 0 spiro atoms. The van der Waals surface area contributed by atoms with Crippen molar-refractivity contribution < 1.29 is 19.0 Å². The zero-order valence-electron chi connectivity index (χ0n) is 17.0. The highest BCUT2D eigenvalue weighted by molar-refractivity contribution is 6.53. The first-order chi connectivity index (χ1) is 13.0. The number of fused-ring (bicyclic) bond motifs is 1. The number of carbonyl (C=O) groups is 3. The third-order valence-electron chi connectivity index (χ3n) is 4.04. The van der Waals surface area contributed by atoms with Crippen molar-refractivity contribution in [3.8, 4) is 0 Å². The van der Waals surface area contributed by atoms with Crippen LogP contribution in [0.15, 0.2) is 18.8 Å². The standard InChI is InChI=1S/C16H16N4O3.2C2H6/c1-4-9-13-10(7-8-17-9)20(16(23)14(13)19(2)3)11-5-6-12(21)18-15(11)22;2*1-2/h4,7-8,11H,1,5-6H2,2-3H3;2*1-2H3/p+1. The summed E-state index contributed by atoms with van der Waals surface area (Å²) >= 11 is 0. The van der Waals surface area contributed by atoms with Crippen LogP contribution in [0, 0.1) is 0 Å². The van der Waals surface area contributed by atoms with Crippen LogP contribution in [0.3, 0.4) is 0 Å². The number of anilines is 1. The molecule has 0 bridgehead atoms. The molecule has 0 aliphatic carbocycles. The molecule has 0 saturated carbocycles. The number of amides is 3. The van der Waals surface area contributed by atoms with Crippen molar-refractivity contribution in [2.45, 2.75) is 46.6 Å². The van der Waals surface area contributed by atoms with Gasteiger partial charge in [-0.05, 0) is 18.6 Å². The van der Waals surface area contributed by atoms with Crippen molar-refractivity contribution >= 4 is 35.2 Å². The summed E-state index contributed by atoms with van der Waals surface area (Å²) < 4.78 is 1.71. The molecular formula is C20H29N4O3+. The average Bonchev–Trinajstić information content (AvgIpc) is 2.97. The van der Waals surface area contributed by atoms with E-state index in [0.29, 0.717) is 29.1 Å². The van der Waals surface area contributed by atoms with Gasteiger partial charge in [0.05, 0.1) is 11.4 Å². The van der Waals surface area contributed by atoms with Gasteiger partial charge >= 0.3 is 5.91 Å². The highest BCUT2D eigenvalue weighted by Crippen LogP contribution is 2.34. The summed E-state index contributed by atoms with van der Waals surface area (Å²) in [6, 6.07) is 1.01. The number of hydrogen-bond acceptors (Lipinski definition) is 4. The normalized spacial score (nSPS) is 17.9. The predicted molar refractivity (Wildman–Crippen MR) is 107 cm³/mol. The molecule has 2 aliphatic rings. The Balaban J connectivity index is 0.000000855. The highest BCUT2D eigenvalue weighted by atomic mass is 16.2. The molecule has 1 unspecified atom stereocenters. The maximum atomic E-state index is 12.9. The third kappa shape index (κ3) is 4.13. The first kappa shape index (κ1) is 22.2. The molecule has 3 amide bonds. The second kappa shape index (κ2) is 9.75. The van der Waals surface area contributed by atoms with Crippen LogP contribution in [0.2, 0.25) is 0 Å². The van der Waals surface area contributed by atoms with E-state index in [2.05, 4.69) is 16.9 Å². The number of rotatable bonds is 2. The summed E-state index contributed by atoms with van der Waals surface area (Å²) in [6.45, 7) is 11.7. The molecular weight excluding hydrogens is 344 g/mol. The van der Waals surface area contributed by atoms with Crippen LogP contribution in [0.25, 0.3) is 6.08 Å². The quantitative estimate of drug-likeness (QED) is 0.635. The van der Waals surface area contributed by atoms with Crippen molar-refractivity contribution in [1.29, 1.82) is 0 Å². The van der Waals surface area contributed by atoms with Gasteiger partial charge in [0.1, 0.15) is 25.7 Å². The number of piperidine rings is 1. The molecule has 3 rings (SSSR count). The van der Waals surface area contributed by atoms with Crippen molar-refractivity contribution in [1.82, 2.24) is 10.3 Å². The van der Waals surface area contributed by atoms with Crippen LogP contribution >= 0.6 is 0 Å². The van der Waals surface area contributed by atoms with Crippen molar-refractivity contribution in [3.05, 3.63) is 30.1 Å². The zero-order chi connectivity index (χ0) is 20.7. The topological polar surface area (TPSA) is 82.4 Å². The zero-order valence-corrected chi connectivity index (χ0v) is 17.0. The lowest BCUT2D eigenvalue weighted by atomic mass is 10.0. The Morgan fingerprint density at radius 1 is 1.22 bits per heavy atom. The van der Waals surface area contributed by atoms with E-state index in [1.54, 1.807) is 37.0 Å². The molecule has 2 aliphatic heterocycles. The fourth-order valence-corrected chi connectivity index (χ4v) is 3.05. The number of imide groups is 1. The first-order valence-corrected chi connectivity index (χ1v) is 9.29. The molecule has 0 radical (unpaired) electrons. The molecule has 1 aromatic heterocycles. The number of aromatic nitrogens is 1. The van der Waals surface area contributed by atoms with Gasteiger partial charge in [-0.15, -0.1) is 0 Å². The lowest BCUT2D eigenvalue weighted by Crippen LogP contribution is -2.54. The minimum Gasteiger partial charge on any atom is -0.295 e. The Hall–Kier alpha value is -2.83. The summed E-state index contributed by atoms with van der Waals surface area (Å²) in [4.78, 5) is 42.2. The molecule has 7 heteroatoms. The Morgan fingerprint density at radius 3 is 2.37 bits per heavy atom. The van der Waals surface area contributed by atoms with Gasteiger partial charge in [0.15, 0.2) is 0 Å². The first-order valence-electron chi connectivity index (χ1n) is 9.29. The average molecular weight is 373 g/mol. The Labute approximate surface area is 160 Å². The van der Waals surface area contributed by atoms with E-state index in [1.165, 1.54) is 4.90 Å². The van der Waals surface area contributed by atoms with Gasteiger partial charge in [0.2, 0.25) is 11.8 Å². The van der Waals surface area contributed by atoms with Gasteiger partial charge < -0.3 is 0 Å². The van der Waals surface area contributed by atoms with Crippen LogP contribution in [0.4, 0.5) is 5.69 Å². The van der Waals surface area contributed by atoms with Crippen LogP contribution in [-0.2, 0) is 14.4 Å². The molecule has 146 valence electrons. The SMILES string of the molecule is C=Cc1nccc2c1C(=[N+](C)C)C(=O)N2C1CCC(=O)NC1=O.CC.CC. The molecule has 1 aromatic rings. The van der Waals surface area contributed by atoms with E-state index < -0.39 is 11.9 Å². The molecule has 27 heavy (non-hydrogen) atoms. The third-order valence-corrected chi connectivity index (χ3v) is 4.04. The molecule has 1 saturated heterocycles. The van der Waals surface area contributed by atoms with E-state index in [4.69, 9.17) is 0 Å². The maximum absolute atomic E-state index is 12.9. The second-order valence-electron chi connectivity index (χ2n) is 5.68. The summed E-state index contributed by atoms with van der Waals surface area (Å²) in [5, 5.41) is 2.30. The molecule has 1 atom stereocenters. The Bertz CT molecular complexity index is 779. The van der Waals surface area contributed by atoms with E-state index in [9.17, 15) is 14.4 Å². The smallest absolute Gasteiger partial charge is 0.295 e. The van der Waals surface area contributed by atoms with Crippen LogP contribution in [0.1, 0.15) is 51.8 Å². The van der Waals surface area contributed by atoms with Gasteiger partial charge in [0, 0.05) is 12.6 Å². The summed E-state index contributed by atoms with van der Waals surface area (Å²) in [5.74, 6) is -1.02. The molecule has 7 nitrogen and oxygen atoms in total. The summed E-state index contributed by atoms with van der Waals surface area (Å²) in [7, 11) is 3.54. The monoisotopic (exact) mass is 373 g/mol. The lowest BCUT2D eigenvalue weighted by molar-refractivity contribution is -0.462. The molecule has 0 aromatic carbocycles. The van der Waals surface area contributed by atoms with Gasteiger partial charge in [0.25, 0.3) is 5.71 Å². The largest absolute Gasteiger partial charge is 0.324 e. The second-order valence-corrected chi connectivity index (χ2v) is 5.68. The maximum Gasteiger partial charge on any atom is 0.324 e. The minimum atomic E-state index is -0.698. The summed E-state index contributed by atoms with van der Waals surface area (Å²) in [5.41, 5.74) is 2.35. The Kier molecular flexibility index (Phi) is 8.02. The van der Waals surface area contributed by atoms with Gasteiger partial charge in [-0.3, -0.25) is 29.6 Å². The van der Waals surface area contributed by atoms with Crippen LogP contribution in [-0.4, -0.2) is 53.1 Å². The summed E-state index contributed by atoms with van der Waals surface area (Å²) in [6.07, 6.45) is 3.69. The molecule has 1 N–H and O–H groups in total. The predicted octanol–water partition coefficient (Wildman–Crippen LogP) is 1.99. The number of nitrogens with zero attached hydrogens (tertiary/aromatic N) is 3. The van der Waals surface area contributed by atoms with Crippen LogP contribution in [0.5, 0.6) is 0 Å². The number of pyridine rings is 1.